The first-order chi connectivity index (χ1) is 16.2. The molecule has 0 aliphatic rings. The minimum atomic E-state index is -3.36. The molecule has 10 heteroatoms. The second-order valence-corrected chi connectivity index (χ2v) is 10.6. The minimum absolute atomic E-state index is 0.183. The number of nitrogens with two attached hydrogens (primary N) is 2. The average Bonchev–Trinajstić information content (AvgIpc) is 3.29. The van der Waals surface area contributed by atoms with E-state index >= 15 is 0 Å². The number of nitrogens with one attached hydrogen (secondary N) is 1. The van der Waals surface area contributed by atoms with E-state index in [4.69, 9.17) is 16.0 Å². The van der Waals surface area contributed by atoms with E-state index in [2.05, 4.69) is 20.4 Å². The molecule has 4 aromatic rings. The summed E-state index contributed by atoms with van der Waals surface area (Å²) >= 11 is 0. The van der Waals surface area contributed by atoms with Gasteiger partial charge in [-0.15, -0.1) is 0 Å². The molecule has 2 heterocycles. The number of aromatic nitrogens is 3. The van der Waals surface area contributed by atoms with Gasteiger partial charge in [0.15, 0.2) is 27.1 Å². The Labute approximate surface area is 198 Å². The van der Waals surface area contributed by atoms with Gasteiger partial charge in [0, 0.05) is 29.4 Å². The predicted molar refractivity (Wildman–Crippen MR) is 132 cm³/mol. The smallest absolute Gasteiger partial charge is 0.189 e. The fourth-order valence-corrected chi connectivity index (χ4v) is 4.54. The van der Waals surface area contributed by atoms with Crippen molar-refractivity contribution in [2.45, 2.75) is 30.5 Å². The Morgan fingerprint density at radius 1 is 1.03 bits per heavy atom. The van der Waals surface area contributed by atoms with Gasteiger partial charge in [-0.1, -0.05) is 29.4 Å². The highest BCUT2D eigenvalue weighted by Gasteiger charge is 2.20. The monoisotopic (exact) mass is 478 g/mol. The van der Waals surface area contributed by atoms with Gasteiger partial charge in [0.25, 0.3) is 0 Å². The van der Waals surface area contributed by atoms with E-state index < -0.39 is 15.1 Å². The van der Waals surface area contributed by atoms with Crippen LogP contribution in [-0.2, 0) is 16.4 Å². The SMILES string of the molecule is CNCc1ccc(-c2cc(-c3nc(-c4ccc(S(=O)(=O)C(C)C)cc4)cnc3N)on2)c(N)c1. The van der Waals surface area contributed by atoms with Crippen LogP contribution in [0.5, 0.6) is 0 Å². The molecular weight excluding hydrogens is 452 g/mol. The second-order valence-electron chi connectivity index (χ2n) is 8.14. The highest BCUT2D eigenvalue weighted by atomic mass is 32.2. The van der Waals surface area contributed by atoms with Gasteiger partial charge in [-0.05, 0) is 44.7 Å². The summed E-state index contributed by atoms with van der Waals surface area (Å²) in [6.07, 6.45) is 1.53. The number of anilines is 2. The molecule has 2 aromatic carbocycles. The summed E-state index contributed by atoms with van der Waals surface area (Å²) < 4.78 is 30.3. The minimum Gasteiger partial charge on any atom is -0.398 e. The molecule has 4 rings (SSSR count). The van der Waals surface area contributed by atoms with Crippen molar-refractivity contribution < 1.29 is 12.9 Å². The number of hydrogen-bond acceptors (Lipinski definition) is 9. The summed E-state index contributed by atoms with van der Waals surface area (Å²) in [5.41, 5.74) is 16.8. The number of nitrogen functional groups attached to an aromatic ring is 2. The van der Waals surface area contributed by atoms with Crippen LogP contribution in [0.2, 0.25) is 0 Å². The van der Waals surface area contributed by atoms with E-state index in [9.17, 15) is 8.42 Å². The lowest BCUT2D eigenvalue weighted by Gasteiger charge is -2.09. The van der Waals surface area contributed by atoms with Gasteiger partial charge >= 0.3 is 0 Å². The Hall–Kier alpha value is -3.76. The van der Waals surface area contributed by atoms with Gasteiger partial charge in [-0.3, -0.25) is 0 Å². The van der Waals surface area contributed by atoms with Gasteiger partial charge in [0.1, 0.15) is 5.69 Å². The fourth-order valence-electron chi connectivity index (χ4n) is 3.48. The molecule has 2 aromatic heterocycles. The van der Waals surface area contributed by atoms with E-state index in [0.717, 1.165) is 11.1 Å². The highest BCUT2D eigenvalue weighted by Crippen LogP contribution is 2.32. The van der Waals surface area contributed by atoms with Crippen LogP contribution in [0.25, 0.3) is 34.0 Å². The number of nitrogens with zero attached hydrogens (tertiary/aromatic N) is 3. The van der Waals surface area contributed by atoms with Crippen molar-refractivity contribution >= 4 is 21.3 Å². The van der Waals surface area contributed by atoms with E-state index in [0.29, 0.717) is 40.6 Å². The number of benzene rings is 2. The molecular formula is C24H26N6O3S. The number of hydrogen-bond donors (Lipinski definition) is 3. The zero-order chi connectivity index (χ0) is 24.5. The molecule has 0 unspecified atom stereocenters. The maximum absolute atomic E-state index is 12.4. The summed E-state index contributed by atoms with van der Waals surface area (Å²) in [7, 11) is -1.49. The van der Waals surface area contributed by atoms with Crippen molar-refractivity contribution in [3.8, 4) is 34.0 Å². The summed E-state index contributed by atoms with van der Waals surface area (Å²) in [6.45, 7) is 4.01. The molecule has 0 atom stereocenters. The molecule has 0 fully saturated rings. The van der Waals surface area contributed by atoms with E-state index in [1.807, 2.05) is 25.2 Å². The first kappa shape index (κ1) is 23.4. The maximum atomic E-state index is 12.4. The third-order valence-corrected chi connectivity index (χ3v) is 7.59. The topological polar surface area (TPSA) is 150 Å². The molecule has 5 N–H and O–H groups in total. The van der Waals surface area contributed by atoms with Crippen molar-refractivity contribution in [2.24, 2.45) is 0 Å². The Balaban J connectivity index is 1.66. The van der Waals surface area contributed by atoms with Gasteiger partial charge in [0.05, 0.1) is 22.0 Å². The van der Waals surface area contributed by atoms with Crippen molar-refractivity contribution in [3.05, 3.63) is 60.3 Å². The fraction of sp³-hybridized carbons (Fsp3) is 0.208. The highest BCUT2D eigenvalue weighted by molar-refractivity contribution is 7.92. The van der Waals surface area contributed by atoms with E-state index in [1.54, 1.807) is 44.2 Å². The third-order valence-electron chi connectivity index (χ3n) is 5.42. The van der Waals surface area contributed by atoms with Crippen LogP contribution >= 0.6 is 0 Å². The summed E-state index contributed by atoms with van der Waals surface area (Å²) in [5.74, 6) is 0.530. The molecule has 0 bridgehead atoms. The average molecular weight is 479 g/mol. The largest absolute Gasteiger partial charge is 0.398 e. The van der Waals surface area contributed by atoms with Crippen LogP contribution in [0.15, 0.2) is 64.1 Å². The standard InChI is InChI=1S/C24H26N6O3S/c1-14(2)34(31,32)17-7-5-16(6-8-17)21-13-28-24(26)23(29-21)22-11-20(30-33-22)18-9-4-15(12-27-3)10-19(18)25/h4-11,13-14,27H,12,25H2,1-3H3,(H2,26,28). The van der Waals surface area contributed by atoms with Crippen LogP contribution in [0.4, 0.5) is 11.5 Å². The molecule has 9 nitrogen and oxygen atoms in total. The van der Waals surface area contributed by atoms with Crippen LogP contribution in [-0.4, -0.2) is 35.8 Å². The van der Waals surface area contributed by atoms with Crippen LogP contribution in [0.1, 0.15) is 19.4 Å². The normalized spacial score (nSPS) is 11.8. The van der Waals surface area contributed by atoms with Crippen LogP contribution in [0, 0.1) is 0 Å². The van der Waals surface area contributed by atoms with Crippen molar-refractivity contribution in [1.82, 2.24) is 20.4 Å². The quantitative estimate of drug-likeness (QED) is 0.339. The first-order valence-electron chi connectivity index (χ1n) is 10.7. The molecule has 0 saturated heterocycles. The molecule has 0 aliphatic heterocycles. The van der Waals surface area contributed by atoms with Crippen LogP contribution in [0.3, 0.4) is 0 Å². The Bertz CT molecular complexity index is 1430. The van der Waals surface area contributed by atoms with Crippen LogP contribution < -0.4 is 16.8 Å². The molecule has 0 saturated carbocycles. The zero-order valence-corrected chi connectivity index (χ0v) is 19.9. The van der Waals surface area contributed by atoms with E-state index in [1.165, 1.54) is 6.20 Å². The summed E-state index contributed by atoms with van der Waals surface area (Å²) in [4.78, 5) is 9.10. The van der Waals surface area contributed by atoms with E-state index in [-0.39, 0.29) is 10.7 Å². The lowest BCUT2D eigenvalue weighted by atomic mass is 10.1. The first-order valence-corrected chi connectivity index (χ1v) is 12.2. The maximum Gasteiger partial charge on any atom is 0.189 e. The number of sulfone groups is 1. The number of rotatable bonds is 7. The molecule has 34 heavy (non-hydrogen) atoms. The Morgan fingerprint density at radius 2 is 1.76 bits per heavy atom. The second kappa shape index (κ2) is 9.24. The van der Waals surface area contributed by atoms with Gasteiger partial charge < -0.3 is 21.3 Å². The molecule has 0 amide bonds. The van der Waals surface area contributed by atoms with Crippen molar-refractivity contribution in [3.63, 3.8) is 0 Å². The van der Waals surface area contributed by atoms with Crippen molar-refractivity contribution in [1.29, 1.82) is 0 Å². The Morgan fingerprint density at radius 3 is 2.41 bits per heavy atom. The zero-order valence-electron chi connectivity index (χ0n) is 19.1. The molecule has 0 spiro atoms. The van der Waals surface area contributed by atoms with Gasteiger partial charge in [-0.25, -0.2) is 18.4 Å². The van der Waals surface area contributed by atoms with Gasteiger partial charge in [0.2, 0.25) is 0 Å². The molecule has 0 radical (unpaired) electrons. The molecule has 176 valence electrons. The van der Waals surface area contributed by atoms with Gasteiger partial charge in [-0.2, -0.15) is 0 Å². The lowest BCUT2D eigenvalue weighted by Crippen LogP contribution is -2.13. The summed E-state index contributed by atoms with van der Waals surface area (Å²) in [6, 6.07) is 14.0. The Kier molecular flexibility index (Phi) is 6.36. The summed E-state index contributed by atoms with van der Waals surface area (Å²) in [5, 5.41) is 6.72. The van der Waals surface area contributed by atoms with Crippen molar-refractivity contribution in [2.75, 3.05) is 18.5 Å². The molecule has 0 aliphatic carbocycles. The predicted octanol–water partition coefficient (Wildman–Crippen LogP) is 3.53. The third kappa shape index (κ3) is 4.50. The lowest BCUT2D eigenvalue weighted by molar-refractivity contribution is 0.434.